The van der Waals surface area contributed by atoms with E-state index >= 15 is 0 Å². The van der Waals surface area contributed by atoms with Gasteiger partial charge in [0.05, 0.1) is 6.54 Å². The van der Waals surface area contributed by atoms with E-state index in [9.17, 15) is 19.8 Å². The van der Waals surface area contributed by atoms with Crippen LogP contribution in [-0.2, 0) is 15.2 Å². The summed E-state index contributed by atoms with van der Waals surface area (Å²) < 4.78 is 0. The predicted octanol–water partition coefficient (Wildman–Crippen LogP) is 2.99. The molecule has 0 radical (unpaired) electrons. The molecule has 6 nitrogen and oxygen atoms in total. The molecule has 166 valence electrons. The standard InChI is InChI=1S/C23H33ClN2O4/c1-21(2,25-20(28)16-6-4-5-7-16)14-19(27)26-13-12-23(30,22(3,29)15-26)17-8-10-18(24)11-9-17/h8-11,16,29-30H,4-7,12-15H2,1-3H3,(H,25,28). The molecule has 0 aromatic heterocycles. The maximum Gasteiger partial charge on any atom is 0.225 e. The fourth-order valence-corrected chi connectivity index (χ4v) is 4.82. The number of halogens is 1. The molecule has 0 bridgehead atoms. The first kappa shape index (κ1) is 23.0. The second-order valence-corrected chi connectivity index (χ2v) is 10.2. The highest BCUT2D eigenvalue weighted by atomic mass is 35.5. The van der Waals surface area contributed by atoms with Gasteiger partial charge in [0.25, 0.3) is 0 Å². The van der Waals surface area contributed by atoms with Crippen molar-refractivity contribution < 1.29 is 19.8 Å². The number of nitrogens with zero attached hydrogens (tertiary/aromatic N) is 1. The number of β-amino-alcohol motifs (C(OH)–C–C–N with tert-alkyl or cyclic N) is 1. The topological polar surface area (TPSA) is 89.9 Å². The number of benzene rings is 1. The van der Waals surface area contributed by atoms with Crippen molar-refractivity contribution in [1.29, 1.82) is 0 Å². The smallest absolute Gasteiger partial charge is 0.225 e. The molecule has 7 heteroatoms. The van der Waals surface area contributed by atoms with Crippen LogP contribution in [0.5, 0.6) is 0 Å². The molecule has 1 aliphatic heterocycles. The second kappa shape index (κ2) is 8.48. The molecule has 3 N–H and O–H groups in total. The van der Waals surface area contributed by atoms with Crippen LogP contribution in [0, 0.1) is 5.92 Å². The summed E-state index contributed by atoms with van der Waals surface area (Å²) in [6.45, 7) is 5.58. The molecule has 1 saturated heterocycles. The van der Waals surface area contributed by atoms with Gasteiger partial charge in [0.2, 0.25) is 11.8 Å². The molecule has 3 rings (SSSR count). The molecule has 2 atom stereocenters. The third kappa shape index (κ3) is 4.82. The zero-order valence-electron chi connectivity index (χ0n) is 18.1. The fraction of sp³-hybridized carbons (Fsp3) is 0.652. The van der Waals surface area contributed by atoms with Crippen LogP contribution in [0.2, 0.25) is 5.02 Å². The molecule has 1 aromatic rings. The van der Waals surface area contributed by atoms with Crippen LogP contribution in [0.3, 0.4) is 0 Å². The molecule has 1 aliphatic carbocycles. The molecule has 1 aromatic carbocycles. The molecular weight excluding hydrogens is 404 g/mol. The van der Waals surface area contributed by atoms with Crippen LogP contribution in [0.1, 0.15) is 64.9 Å². The number of carbonyl (C=O) groups excluding carboxylic acids is 2. The normalized spacial score (nSPS) is 27.9. The largest absolute Gasteiger partial charge is 0.385 e. The van der Waals surface area contributed by atoms with Crippen molar-refractivity contribution in [2.45, 2.75) is 76.0 Å². The monoisotopic (exact) mass is 436 g/mol. The number of amides is 2. The Kier molecular flexibility index (Phi) is 6.51. The van der Waals surface area contributed by atoms with Crippen molar-refractivity contribution in [3.05, 3.63) is 34.9 Å². The average Bonchev–Trinajstić information content (AvgIpc) is 3.18. The number of piperidine rings is 1. The number of likely N-dealkylation sites (tertiary alicyclic amines) is 1. The van der Waals surface area contributed by atoms with Crippen LogP contribution >= 0.6 is 11.6 Å². The Balaban J connectivity index is 1.64. The van der Waals surface area contributed by atoms with Crippen LogP contribution in [0.15, 0.2) is 24.3 Å². The summed E-state index contributed by atoms with van der Waals surface area (Å²) in [7, 11) is 0. The van der Waals surface area contributed by atoms with E-state index < -0.39 is 16.7 Å². The van der Waals surface area contributed by atoms with E-state index in [1.807, 2.05) is 13.8 Å². The lowest BCUT2D eigenvalue weighted by molar-refractivity contribution is -0.191. The number of rotatable bonds is 5. The maximum absolute atomic E-state index is 13.0. The molecular formula is C23H33ClN2O4. The Morgan fingerprint density at radius 1 is 1.20 bits per heavy atom. The van der Waals surface area contributed by atoms with Crippen molar-refractivity contribution in [2.75, 3.05) is 13.1 Å². The average molecular weight is 437 g/mol. The van der Waals surface area contributed by atoms with Crippen LogP contribution in [0.4, 0.5) is 0 Å². The van der Waals surface area contributed by atoms with E-state index in [0.717, 1.165) is 25.7 Å². The molecule has 2 amide bonds. The lowest BCUT2D eigenvalue weighted by Gasteiger charge is -2.49. The van der Waals surface area contributed by atoms with Crippen molar-refractivity contribution in [3.63, 3.8) is 0 Å². The van der Waals surface area contributed by atoms with Gasteiger partial charge in [-0.1, -0.05) is 36.6 Å². The van der Waals surface area contributed by atoms with Gasteiger partial charge in [-0.2, -0.15) is 0 Å². The Morgan fingerprint density at radius 2 is 1.80 bits per heavy atom. The highest BCUT2D eigenvalue weighted by Crippen LogP contribution is 2.41. The van der Waals surface area contributed by atoms with Gasteiger partial charge in [-0.3, -0.25) is 9.59 Å². The minimum absolute atomic E-state index is 0.0115. The third-order valence-electron chi connectivity index (χ3n) is 6.59. The summed E-state index contributed by atoms with van der Waals surface area (Å²) in [6, 6.07) is 6.77. The Morgan fingerprint density at radius 3 is 2.37 bits per heavy atom. The Hall–Kier alpha value is -1.63. The lowest BCUT2D eigenvalue weighted by atomic mass is 9.73. The van der Waals surface area contributed by atoms with Crippen molar-refractivity contribution in [3.8, 4) is 0 Å². The minimum atomic E-state index is -1.52. The zero-order chi connectivity index (χ0) is 22.2. The molecule has 2 aliphatic rings. The highest BCUT2D eigenvalue weighted by molar-refractivity contribution is 6.30. The van der Waals surface area contributed by atoms with Gasteiger partial charge < -0.3 is 20.4 Å². The van der Waals surface area contributed by atoms with Crippen LogP contribution in [0.25, 0.3) is 0 Å². The number of aliphatic hydroxyl groups is 2. The minimum Gasteiger partial charge on any atom is -0.385 e. The lowest BCUT2D eigenvalue weighted by Crippen LogP contribution is -2.63. The first-order valence-electron chi connectivity index (χ1n) is 10.7. The number of carbonyl (C=O) groups is 2. The summed E-state index contributed by atoms with van der Waals surface area (Å²) in [5, 5.41) is 25.9. The molecule has 1 saturated carbocycles. The van der Waals surface area contributed by atoms with Gasteiger partial charge in [-0.25, -0.2) is 0 Å². The van der Waals surface area contributed by atoms with E-state index in [2.05, 4.69) is 5.32 Å². The second-order valence-electron chi connectivity index (χ2n) is 9.74. The van der Waals surface area contributed by atoms with E-state index in [-0.39, 0.29) is 37.1 Å². The predicted molar refractivity (Wildman–Crippen MR) is 116 cm³/mol. The summed E-state index contributed by atoms with van der Waals surface area (Å²) in [5.74, 6) is -0.0808. The zero-order valence-corrected chi connectivity index (χ0v) is 18.8. The van der Waals surface area contributed by atoms with Gasteiger partial charge in [-0.05, 0) is 51.3 Å². The number of hydrogen-bond donors (Lipinski definition) is 3. The van der Waals surface area contributed by atoms with E-state index in [1.54, 1.807) is 36.1 Å². The molecule has 30 heavy (non-hydrogen) atoms. The Labute approximate surface area is 183 Å². The van der Waals surface area contributed by atoms with Gasteiger partial charge in [0, 0.05) is 35.9 Å². The Bertz CT molecular complexity index is 787. The first-order valence-corrected chi connectivity index (χ1v) is 11.1. The van der Waals surface area contributed by atoms with Crippen molar-refractivity contribution in [2.24, 2.45) is 5.92 Å². The molecule has 2 unspecified atom stereocenters. The van der Waals surface area contributed by atoms with Gasteiger partial charge in [0.1, 0.15) is 11.2 Å². The van der Waals surface area contributed by atoms with Gasteiger partial charge in [0.15, 0.2) is 0 Å². The molecule has 2 fully saturated rings. The first-order chi connectivity index (χ1) is 13.9. The highest BCUT2D eigenvalue weighted by Gasteiger charge is 2.52. The van der Waals surface area contributed by atoms with Crippen molar-refractivity contribution >= 4 is 23.4 Å². The van der Waals surface area contributed by atoms with E-state index in [0.29, 0.717) is 17.1 Å². The van der Waals surface area contributed by atoms with Crippen LogP contribution < -0.4 is 5.32 Å². The van der Waals surface area contributed by atoms with Gasteiger partial charge in [-0.15, -0.1) is 0 Å². The van der Waals surface area contributed by atoms with Gasteiger partial charge >= 0.3 is 0 Å². The summed E-state index contributed by atoms with van der Waals surface area (Å²) >= 11 is 5.94. The third-order valence-corrected chi connectivity index (χ3v) is 6.84. The van der Waals surface area contributed by atoms with E-state index in [1.165, 1.54) is 0 Å². The van der Waals surface area contributed by atoms with Crippen LogP contribution in [-0.4, -0.2) is 51.2 Å². The molecule has 1 heterocycles. The number of nitrogens with one attached hydrogen (secondary N) is 1. The summed E-state index contributed by atoms with van der Waals surface area (Å²) in [6.07, 6.45) is 4.33. The maximum atomic E-state index is 13.0. The van der Waals surface area contributed by atoms with Crippen molar-refractivity contribution in [1.82, 2.24) is 10.2 Å². The quantitative estimate of drug-likeness (QED) is 0.661. The molecule has 0 spiro atoms. The summed E-state index contributed by atoms with van der Waals surface area (Å²) in [4.78, 5) is 27.0. The van der Waals surface area contributed by atoms with E-state index in [4.69, 9.17) is 11.6 Å². The number of hydrogen-bond acceptors (Lipinski definition) is 4. The fourth-order valence-electron chi connectivity index (χ4n) is 4.70. The summed E-state index contributed by atoms with van der Waals surface area (Å²) in [5.41, 5.74) is -3.09. The SMILES string of the molecule is CC(C)(CC(=O)N1CCC(O)(c2ccc(Cl)cc2)C(C)(O)C1)NC(=O)C1CCCC1.